The molecule has 5 rings (SSSR count). The molecule has 1 saturated heterocycles. The van der Waals surface area contributed by atoms with Gasteiger partial charge in [-0.2, -0.15) is 0 Å². The standard InChI is InChI=1S/C27H30ClN7O6/c1-30-26(37)23-20(29)22(36)27(41-23)35-13-34-21-24(32-12-33-25(21)35)31-10-14-8-16(28)4-6-19(14)40-11-15-9-17(38-2)5-7-18(15)39-3/h4-9,12-13,20,22-23,27,36H,10-11,29H2,1-3H3,(H,30,37)(H,31,32,33)/t20-,22+,23-,27+/m0/s1. The van der Waals surface area contributed by atoms with E-state index >= 15 is 0 Å². The van der Waals surface area contributed by atoms with Gasteiger partial charge in [0.1, 0.15) is 36.3 Å². The molecule has 0 bridgehead atoms. The number of aliphatic hydroxyl groups is 1. The zero-order valence-electron chi connectivity index (χ0n) is 22.6. The van der Waals surface area contributed by atoms with Gasteiger partial charge in [0.05, 0.1) is 26.6 Å². The van der Waals surface area contributed by atoms with Gasteiger partial charge in [-0.1, -0.05) is 11.6 Å². The Morgan fingerprint density at radius 3 is 2.68 bits per heavy atom. The molecule has 0 saturated carbocycles. The smallest absolute Gasteiger partial charge is 0.250 e. The van der Waals surface area contributed by atoms with Crippen molar-refractivity contribution in [1.82, 2.24) is 24.8 Å². The molecule has 4 atom stereocenters. The van der Waals surface area contributed by atoms with E-state index in [1.165, 1.54) is 24.3 Å². The Morgan fingerprint density at radius 2 is 1.93 bits per heavy atom. The maximum atomic E-state index is 12.1. The molecular formula is C27H30ClN7O6. The largest absolute Gasteiger partial charge is 0.497 e. The number of methoxy groups -OCH3 is 2. The van der Waals surface area contributed by atoms with Gasteiger partial charge in [-0.15, -0.1) is 0 Å². The summed E-state index contributed by atoms with van der Waals surface area (Å²) in [5.41, 5.74) is 8.47. The van der Waals surface area contributed by atoms with Gasteiger partial charge in [0.15, 0.2) is 29.3 Å². The summed E-state index contributed by atoms with van der Waals surface area (Å²) in [4.78, 5) is 25.2. The van der Waals surface area contributed by atoms with E-state index in [0.717, 1.165) is 11.1 Å². The van der Waals surface area contributed by atoms with Crippen LogP contribution in [-0.4, -0.2) is 70.0 Å². The summed E-state index contributed by atoms with van der Waals surface area (Å²) >= 11 is 6.31. The number of likely N-dealkylation sites (N-methyl/N-ethyl adjacent to an activating group) is 1. The van der Waals surface area contributed by atoms with E-state index in [9.17, 15) is 9.90 Å². The summed E-state index contributed by atoms with van der Waals surface area (Å²) in [5.74, 6) is 1.99. The van der Waals surface area contributed by atoms with Gasteiger partial charge < -0.3 is 40.4 Å². The molecular weight excluding hydrogens is 554 g/mol. The van der Waals surface area contributed by atoms with E-state index in [1.54, 1.807) is 32.4 Å². The quantitative estimate of drug-likeness (QED) is 0.215. The Kier molecular flexibility index (Phi) is 8.40. The fourth-order valence-corrected chi connectivity index (χ4v) is 4.82. The molecule has 3 heterocycles. The average Bonchev–Trinajstić information content (AvgIpc) is 3.55. The van der Waals surface area contributed by atoms with Crippen LogP contribution in [0.5, 0.6) is 17.2 Å². The van der Waals surface area contributed by atoms with Crippen LogP contribution in [0, 0.1) is 0 Å². The number of fused-ring (bicyclic) bond motifs is 1. The van der Waals surface area contributed by atoms with E-state index in [4.69, 9.17) is 36.3 Å². The summed E-state index contributed by atoms with van der Waals surface area (Å²) in [6.45, 7) is 0.538. The number of nitrogens with zero attached hydrogens (tertiary/aromatic N) is 4. The first-order chi connectivity index (χ1) is 19.8. The van der Waals surface area contributed by atoms with Gasteiger partial charge in [0.25, 0.3) is 5.91 Å². The minimum atomic E-state index is -1.16. The lowest BCUT2D eigenvalue weighted by Crippen LogP contribution is -2.46. The Morgan fingerprint density at radius 1 is 1.12 bits per heavy atom. The van der Waals surface area contributed by atoms with Crippen LogP contribution in [0.25, 0.3) is 11.2 Å². The van der Waals surface area contributed by atoms with Crippen LogP contribution in [0.15, 0.2) is 49.1 Å². The summed E-state index contributed by atoms with van der Waals surface area (Å²) in [5, 5.41) is 17.0. The molecule has 216 valence electrons. The Balaban J connectivity index is 1.35. The molecule has 14 heteroatoms. The topological polar surface area (TPSA) is 168 Å². The number of rotatable bonds is 10. The van der Waals surface area contributed by atoms with Crippen LogP contribution >= 0.6 is 11.6 Å². The number of ether oxygens (including phenoxy) is 4. The molecule has 1 aliphatic rings. The van der Waals surface area contributed by atoms with Crippen molar-refractivity contribution in [3.63, 3.8) is 0 Å². The van der Waals surface area contributed by atoms with Crippen molar-refractivity contribution in [1.29, 1.82) is 0 Å². The van der Waals surface area contributed by atoms with E-state index in [-0.39, 0.29) is 6.61 Å². The second-order valence-corrected chi connectivity index (χ2v) is 9.68. The van der Waals surface area contributed by atoms with Crippen molar-refractivity contribution >= 4 is 34.5 Å². The molecule has 1 aliphatic heterocycles. The monoisotopic (exact) mass is 583 g/mol. The highest BCUT2D eigenvalue weighted by molar-refractivity contribution is 6.30. The van der Waals surface area contributed by atoms with Crippen LogP contribution in [0.1, 0.15) is 17.4 Å². The Hall–Kier alpha value is -4.17. The summed E-state index contributed by atoms with van der Waals surface area (Å²) < 4.78 is 24.3. The number of aliphatic hydroxyl groups excluding tert-OH is 1. The number of benzene rings is 2. The predicted molar refractivity (Wildman–Crippen MR) is 150 cm³/mol. The van der Waals surface area contributed by atoms with Gasteiger partial charge in [0.2, 0.25) is 0 Å². The molecule has 41 heavy (non-hydrogen) atoms. The first-order valence-corrected chi connectivity index (χ1v) is 13.1. The van der Waals surface area contributed by atoms with Crippen LogP contribution in [0.4, 0.5) is 5.82 Å². The highest BCUT2D eigenvalue weighted by Gasteiger charge is 2.46. The van der Waals surface area contributed by atoms with Crippen LogP contribution in [-0.2, 0) is 22.7 Å². The van der Waals surface area contributed by atoms with E-state index < -0.39 is 30.4 Å². The fourth-order valence-electron chi connectivity index (χ4n) is 4.62. The maximum absolute atomic E-state index is 12.1. The molecule has 1 fully saturated rings. The zero-order valence-corrected chi connectivity index (χ0v) is 23.3. The lowest BCUT2D eigenvalue weighted by molar-refractivity contribution is -0.134. The molecule has 0 spiro atoms. The van der Waals surface area contributed by atoms with Gasteiger partial charge in [0, 0.05) is 29.7 Å². The van der Waals surface area contributed by atoms with Crippen LogP contribution < -0.4 is 30.6 Å². The van der Waals surface area contributed by atoms with Crippen molar-refractivity contribution in [2.45, 2.75) is 37.6 Å². The molecule has 1 amide bonds. The minimum Gasteiger partial charge on any atom is -0.497 e. The highest BCUT2D eigenvalue weighted by Crippen LogP contribution is 2.32. The first kappa shape index (κ1) is 28.4. The molecule has 0 aliphatic carbocycles. The molecule has 2 aromatic carbocycles. The second-order valence-electron chi connectivity index (χ2n) is 9.25. The number of amides is 1. The molecule has 2 aromatic heterocycles. The number of anilines is 1. The zero-order chi connectivity index (χ0) is 29.1. The minimum absolute atomic E-state index is 0.236. The molecule has 0 radical (unpaired) electrons. The molecule has 0 unspecified atom stereocenters. The predicted octanol–water partition coefficient (Wildman–Crippen LogP) is 2.02. The maximum Gasteiger partial charge on any atom is 0.250 e. The third-order valence-corrected chi connectivity index (χ3v) is 7.03. The number of halogens is 1. The van der Waals surface area contributed by atoms with Crippen molar-refractivity contribution < 1.29 is 28.8 Å². The fraction of sp³-hybridized carbons (Fsp3) is 0.333. The average molecular weight is 584 g/mol. The normalized spacial score (nSPS) is 20.1. The summed E-state index contributed by atoms with van der Waals surface area (Å²) in [7, 11) is 4.67. The van der Waals surface area contributed by atoms with Crippen molar-refractivity contribution in [2.24, 2.45) is 5.73 Å². The Labute approximate surface area is 240 Å². The summed E-state index contributed by atoms with van der Waals surface area (Å²) in [6.07, 6.45) is -0.301. The second kappa shape index (κ2) is 12.1. The summed E-state index contributed by atoms with van der Waals surface area (Å²) in [6, 6.07) is 9.91. The van der Waals surface area contributed by atoms with E-state index in [2.05, 4.69) is 25.6 Å². The van der Waals surface area contributed by atoms with Crippen molar-refractivity contribution in [3.05, 3.63) is 65.2 Å². The molecule has 5 N–H and O–H groups in total. The van der Waals surface area contributed by atoms with Crippen LogP contribution in [0.2, 0.25) is 5.02 Å². The number of hydrogen-bond donors (Lipinski definition) is 4. The third kappa shape index (κ3) is 5.70. The lowest BCUT2D eigenvalue weighted by atomic mass is 10.1. The SMILES string of the molecule is CNC(=O)[C@H]1O[C@@H](n2cnc3c(NCc4cc(Cl)ccc4OCc4cc(OC)ccc4OC)ncnc32)[C@H](O)[C@@H]1N. The van der Waals surface area contributed by atoms with Gasteiger partial charge in [-0.25, -0.2) is 15.0 Å². The number of aromatic nitrogens is 4. The number of carbonyl (C=O) groups is 1. The number of nitrogens with two attached hydrogens (primary N) is 1. The highest BCUT2D eigenvalue weighted by atomic mass is 35.5. The number of hydrogen-bond acceptors (Lipinski definition) is 11. The third-order valence-electron chi connectivity index (χ3n) is 6.80. The number of nitrogens with one attached hydrogen (secondary N) is 2. The number of imidazole rings is 1. The van der Waals surface area contributed by atoms with Gasteiger partial charge in [-0.3, -0.25) is 9.36 Å². The van der Waals surface area contributed by atoms with Gasteiger partial charge in [-0.05, 0) is 36.4 Å². The van der Waals surface area contributed by atoms with E-state index in [1.807, 2.05) is 18.2 Å². The number of carbonyl (C=O) groups excluding carboxylic acids is 1. The Bertz CT molecular complexity index is 1550. The van der Waals surface area contributed by atoms with Crippen molar-refractivity contribution in [3.8, 4) is 17.2 Å². The van der Waals surface area contributed by atoms with E-state index in [0.29, 0.717) is 45.8 Å². The van der Waals surface area contributed by atoms with Crippen LogP contribution in [0.3, 0.4) is 0 Å². The van der Waals surface area contributed by atoms with Gasteiger partial charge >= 0.3 is 0 Å². The molecule has 4 aromatic rings. The lowest BCUT2D eigenvalue weighted by Gasteiger charge is -2.17. The first-order valence-electron chi connectivity index (χ1n) is 12.7. The molecule has 13 nitrogen and oxygen atoms in total. The van der Waals surface area contributed by atoms with Crippen molar-refractivity contribution in [2.75, 3.05) is 26.6 Å².